The van der Waals surface area contributed by atoms with Gasteiger partial charge in [0, 0.05) is 25.0 Å². The van der Waals surface area contributed by atoms with E-state index in [2.05, 4.69) is 10.3 Å². The molecule has 0 radical (unpaired) electrons. The van der Waals surface area contributed by atoms with Crippen LogP contribution >= 0.6 is 0 Å². The summed E-state index contributed by atoms with van der Waals surface area (Å²) in [5.41, 5.74) is 2.18. The summed E-state index contributed by atoms with van der Waals surface area (Å²) in [5.74, 6) is -0.185. The normalized spacial score (nSPS) is 20.6. The third-order valence-electron chi connectivity index (χ3n) is 3.90. The molecule has 1 saturated heterocycles. The van der Waals surface area contributed by atoms with Gasteiger partial charge in [-0.1, -0.05) is 6.92 Å². The number of aryl methyl sites for hydroxylation is 1. The minimum absolute atomic E-state index is 0.0260. The Bertz CT molecular complexity index is 516. The van der Waals surface area contributed by atoms with Gasteiger partial charge in [0.2, 0.25) is 11.8 Å². The summed E-state index contributed by atoms with van der Waals surface area (Å²) < 4.78 is 0. The lowest BCUT2D eigenvalue weighted by Gasteiger charge is -2.21. The Labute approximate surface area is 119 Å². The average molecular weight is 275 g/mol. The summed E-state index contributed by atoms with van der Waals surface area (Å²) in [6.07, 6.45) is 4.57. The first-order chi connectivity index (χ1) is 9.54. The number of hydrogen-bond donors (Lipinski definition) is 1. The van der Waals surface area contributed by atoms with Crippen LogP contribution < -0.4 is 5.32 Å². The van der Waals surface area contributed by atoms with Crippen LogP contribution in [0, 0.1) is 6.92 Å². The van der Waals surface area contributed by atoms with E-state index in [4.69, 9.17) is 0 Å². The third-order valence-corrected chi connectivity index (χ3v) is 3.90. The molecule has 2 heterocycles. The van der Waals surface area contributed by atoms with Crippen molar-refractivity contribution in [2.24, 2.45) is 0 Å². The monoisotopic (exact) mass is 275 g/mol. The highest BCUT2D eigenvalue weighted by molar-refractivity contribution is 6.05. The van der Waals surface area contributed by atoms with Gasteiger partial charge in [-0.05, 0) is 37.5 Å². The van der Waals surface area contributed by atoms with Crippen LogP contribution in [0.2, 0.25) is 0 Å². The van der Waals surface area contributed by atoms with Gasteiger partial charge in [-0.2, -0.15) is 0 Å². The Hall–Kier alpha value is -1.75. The number of hydrogen-bond acceptors (Lipinski definition) is 4. The van der Waals surface area contributed by atoms with E-state index in [0.29, 0.717) is 6.54 Å². The van der Waals surface area contributed by atoms with Gasteiger partial charge in [-0.15, -0.1) is 0 Å². The zero-order valence-corrected chi connectivity index (χ0v) is 12.2. The zero-order valence-electron chi connectivity index (χ0n) is 12.2. The molecule has 20 heavy (non-hydrogen) atoms. The van der Waals surface area contributed by atoms with Crippen LogP contribution in [-0.2, 0) is 16.1 Å². The van der Waals surface area contributed by atoms with Crippen LogP contribution in [0.15, 0.2) is 18.5 Å². The molecule has 5 heteroatoms. The van der Waals surface area contributed by atoms with Crippen molar-refractivity contribution >= 4 is 11.8 Å². The second kappa shape index (κ2) is 6.13. The quantitative estimate of drug-likeness (QED) is 0.825. The molecule has 1 aliphatic rings. The zero-order chi connectivity index (χ0) is 14.7. The molecule has 108 valence electrons. The fourth-order valence-electron chi connectivity index (χ4n) is 2.37. The van der Waals surface area contributed by atoms with Crippen molar-refractivity contribution in [1.82, 2.24) is 15.2 Å². The maximum absolute atomic E-state index is 12.2. The minimum Gasteiger partial charge on any atom is -0.301 e. The Morgan fingerprint density at radius 1 is 1.50 bits per heavy atom. The second-order valence-corrected chi connectivity index (χ2v) is 5.30. The predicted octanol–water partition coefficient (Wildman–Crippen LogP) is 1.41. The molecule has 1 N–H and O–H groups in total. The van der Waals surface area contributed by atoms with Gasteiger partial charge < -0.3 is 5.32 Å². The minimum atomic E-state index is -0.406. The first-order valence-corrected chi connectivity index (χ1v) is 7.03. The van der Waals surface area contributed by atoms with Gasteiger partial charge in [0.05, 0.1) is 12.5 Å². The number of nitrogens with zero attached hydrogens (tertiary/aromatic N) is 2. The molecule has 2 atom stereocenters. The Kier molecular flexibility index (Phi) is 4.49. The fraction of sp³-hybridized carbons (Fsp3) is 0.533. The average Bonchev–Trinajstić information content (AvgIpc) is 2.72. The SMILES string of the molecule is CCC(C)N1C(=O)CC(NCc2cnccc2C)C1=O. The molecule has 5 nitrogen and oxygen atoms in total. The Balaban J connectivity index is 2.00. The van der Waals surface area contributed by atoms with E-state index in [-0.39, 0.29) is 24.3 Å². The van der Waals surface area contributed by atoms with Crippen molar-refractivity contribution in [3.63, 3.8) is 0 Å². The van der Waals surface area contributed by atoms with Crippen LogP contribution in [0.3, 0.4) is 0 Å². The Morgan fingerprint density at radius 2 is 2.25 bits per heavy atom. The first-order valence-electron chi connectivity index (χ1n) is 7.03. The van der Waals surface area contributed by atoms with E-state index in [9.17, 15) is 9.59 Å². The number of carbonyl (C=O) groups is 2. The lowest BCUT2D eigenvalue weighted by molar-refractivity contribution is -0.141. The number of amides is 2. The standard InChI is InChI=1S/C15H21N3O2/c1-4-11(3)18-14(19)7-13(15(18)20)17-9-12-8-16-6-5-10(12)2/h5-6,8,11,13,17H,4,7,9H2,1-3H3. The number of nitrogens with one attached hydrogen (secondary N) is 1. The number of rotatable bonds is 5. The first kappa shape index (κ1) is 14.7. The predicted molar refractivity (Wildman–Crippen MR) is 75.8 cm³/mol. The maximum Gasteiger partial charge on any atom is 0.247 e. The molecule has 2 unspecified atom stereocenters. The number of aromatic nitrogens is 1. The molecule has 1 aliphatic heterocycles. The summed E-state index contributed by atoms with van der Waals surface area (Å²) in [7, 11) is 0. The molecule has 0 spiro atoms. The molecule has 0 aliphatic carbocycles. The molecule has 0 bridgehead atoms. The molecular formula is C15H21N3O2. The number of carbonyl (C=O) groups excluding carboxylic acids is 2. The number of pyridine rings is 1. The van der Waals surface area contributed by atoms with E-state index in [1.165, 1.54) is 4.90 Å². The number of likely N-dealkylation sites (tertiary alicyclic amines) is 1. The second-order valence-electron chi connectivity index (χ2n) is 5.30. The summed E-state index contributed by atoms with van der Waals surface area (Å²) in [6.45, 7) is 6.44. The van der Waals surface area contributed by atoms with Crippen LogP contribution in [0.4, 0.5) is 0 Å². The Morgan fingerprint density at radius 3 is 2.90 bits per heavy atom. The highest BCUT2D eigenvalue weighted by atomic mass is 16.2. The molecule has 1 aromatic rings. The smallest absolute Gasteiger partial charge is 0.247 e. The van der Waals surface area contributed by atoms with Gasteiger partial charge in [0.25, 0.3) is 0 Å². The summed E-state index contributed by atoms with van der Waals surface area (Å²) >= 11 is 0. The van der Waals surface area contributed by atoms with E-state index in [0.717, 1.165) is 17.5 Å². The van der Waals surface area contributed by atoms with E-state index < -0.39 is 6.04 Å². The highest BCUT2D eigenvalue weighted by Gasteiger charge is 2.40. The van der Waals surface area contributed by atoms with Crippen LogP contribution in [0.1, 0.15) is 37.8 Å². The van der Waals surface area contributed by atoms with Crippen molar-refractivity contribution in [2.45, 2.75) is 52.2 Å². The number of imide groups is 1. The van der Waals surface area contributed by atoms with Crippen molar-refractivity contribution < 1.29 is 9.59 Å². The molecule has 2 rings (SSSR count). The van der Waals surface area contributed by atoms with Crippen molar-refractivity contribution in [3.8, 4) is 0 Å². The van der Waals surface area contributed by atoms with Crippen LogP contribution in [0.25, 0.3) is 0 Å². The van der Waals surface area contributed by atoms with E-state index in [1.807, 2.05) is 26.8 Å². The van der Waals surface area contributed by atoms with Gasteiger partial charge in [-0.25, -0.2) is 0 Å². The molecule has 0 saturated carbocycles. The van der Waals surface area contributed by atoms with Gasteiger partial charge in [-0.3, -0.25) is 19.5 Å². The fourth-order valence-corrected chi connectivity index (χ4v) is 2.37. The topological polar surface area (TPSA) is 62.3 Å². The lowest BCUT2D eigenvalue weighted by Crippen LogP contribution is -2.42. The van der Waals surface area contributed by atoms with Crippen LogP contribution in [-0.4, -0.2) is 33.8 Å². The molecule has 1 fully saturated rings. The summed E-state index contributed by atoms with van der Waals surface area (Å²) in [4.78, 5) is 29.7. The molecular weight excluding hydrogens is 254 g/mol. The molecule has 1 aromatic heterocycles. The largest absolute Gasteiger partial charge is 0.301 e. The van der Waals surface area contributed by atoms with Crippen molar-refractivity contribution in [1.29, 1.82) is 0 Å². The maximum atomic E-state index is 12.2. The lowest BCUT2D eigenvalue weighted by atomic mass is 10.1. The van der Waals surface area contributed by atoms with Crippen molar-refractivity contribution in [3.05, 3.63) is 29.6 Å². The van der Waals surface area contributed by atoms with E-state index in [1.54, 1.807) is 12.4 Å². The van der Waals surface area contributed by atoms with Crippen LogP contribution in [0.5, 0.6) is 0 Å². The molecule has 2 amide bonds. The van der Waals surface area contributed by atoms with Crippen molar-refractivity contribution in [2.75, 3.05) is 0 Å². The molecule has 0 aromatic carbocycles. The highest BCUT2D eigenvalue weighted by Crippen LogP contribution is 2.18. The third kappa shape index (κ3) is 2.88. The van der Waals surface area contributed by atoms with Gasteiger partial charge >= 0.3 is 0 Å². The van der Waals surface area contributed by atoms with Gasteiger partial charge in [0.15, 0.2) is 0 Å². The van der Waals surface area contributed by atoms with Gasteiger partial charge in [0.1, 0.15) is 0 Å². The summed E-state index contributed by atoms with van der Waals surface area (Å²) in [6, 6.07) is 1.50. The summed E-state index contributed by atoms with van der Waals surface area (Å²) in [5, 5.41) is 3.18. The van der Waals surface area contributed by atoms with E-state index >= 15 is 0 Å².